The predicted octanol–water partition coefficient (Wildman–Crippen LogP) is 3.49. The summed E-state index contributed by atoms with van der Waals surface area (Å²) in [7, 11) is 1.81. The van der Waals surface area contributed by atoms with E-state index in [1.165, 1.54) is 0 Å². The lowest BCUT2D eigenvalue weighted by Crippen LogP contribution is -2.19. The van der Waals surface area contributed by atoms with Crippen LogP contribution >= 0.6 is 0 Å². The fourth-order valence-electron chi connectivity index (χ4n) is 2.40. The second kappa shape index (κ2) is 5.79. The number of imidazole rings is 1. The van der Waals surface area contributed by atoms with Gasteiger partial charge in [-0.15, -0.1) is 0 Å². The van der Waals surface area contributed by atoms with Crippen LogP contribution in [0.3, 0.4) is 0 Å². The number of benzene rings is 2. The minimum absolute atomic E-state index is 0.678. The van der Waals surface area contributed by atoms with Crippen LogP contribution in [0.15, 0.2) is 59.6 Å². The molecule has 4 nitrogen and oxygen atoms in total. The minimum atomic E-state index is 0.678. The van der Waals surface area contributed by atoms with E-state index in [4.69, 9.17) is 0 Å². The van der Waals surface area contributed by atoms with E-state index in [9.17, 15) is 0 Å². The van der Waals surface area contributed by atoms with Crippen molar-refractivity contribution >= 4 is 22.6 Å². The Kier molecular flexibility index (Phi) is 3.69. The van der Waals surface area contributed by atoms with Gasteiger partial charge >= 0.3 is 0 Å². The third kappa shape index (κ3) is 2.79. The molecule has 0 atom stereocenters. The smallest absolute Gasteiger partial charge is 0.121 e. The van der Waals surface area contributed by atoms with Gasteiger partial charge in [0.05, 0.1) is 17.6 Å². The number of aryl methyl sites for hydroxylation is 1. The fraction of sp³-hybridized carbons (Fsp3) is 0.176. The first-order valence-electron chi connectivity index (χ1n) is 6.97. The average molecular weight is 278 g/mol. The Labute approximate surface area is 124 Å². The Morgan fingerprint density at radius 1 is 1.10 bits per heavy atom. The summed E-state index contributed by atoms with van der Waals surface area (Å²) in [4.78, 5) is 8.95. The van der Waals surface area contributed by atoms with Crippen LogP contribution in [0.5, 0.6) is 0 Å². The largest absolute Gasteiger partial charge is 0.343 e. The van der Waals surface area contributed by atoms with Crippen LogP contribution in [0.2, 0.25) is 0 Å². The van der Waals surface area contributed by atoms with Crippen molar-refractivity contribution in [2.75, 3.05) is 12.4 Å². The topological polar surface area (TPSA) is 42.2 Å². The van der Waals surface area contributed by atoms with Crippen LogP contribution < -0.4 is 5.32 Å². The van der Waals surface area contributed by atoms with Crippen molar-refractivity contribution in [2.45, 2.75) is 13.5 Å². The summed E-state index contributed by atoms with van der Waals surface area (Å²) in [6, 6.07) is 18.2. The molecule has 1 heterocycles. The summed E-state index contributed by atoms with van der Waals surface area (Å²) < 4.78 is 2.17. The van der Waals surface area contributed by atoms with Gasteiger partial charge in [0.15, 0.2) is 0 Å². The fourth-order valence-corrected chi connectivity index (χ4v) is 2.40. The molecule has 2 aromatic carbocycles. The highest BCUT2D eigenvalue weighted by Crippen LogP contribution is 2.16. The molecule has 0 bridgehead atoms. The van der Waals surface area contributed by atoms with E-state index in [2.05, 4.69) is 25.9 Å². The number of rotatable bonds is 3. The number of hydrogen-bond acceptors (Lipinski definition) is 2. The van der Waals surface area contributed by atoms with Crippen LogP contribution in [-0.4, -0.2) is 22.4 Å². The first kappa shape index (κ1) is 13.4. The van der Waals surface area contributed by atoms with Gasteiger partial charge in [-0.3, -0.25) is 4.99 Å². The van der Waals surface area contributed by atoms with Crippen molar-refractivity contribution in [2.24, 2.45) is 4.99 Å². The maximum absolute atomic E-state index is 4.59. The van der Waals surface area contributed by atoms with E-state index in [1.54, 1.807) is 7.05 Å². The molecular weight excluding hydrogens is 260 g/mol. The second-order valence-corrected chi connectivity index (χ2v) is 4.90. The second-order valence-electron chi connectivity index (χ2n) is 4.90. The molecule has 0 aliphatic carbocycles. The van der Waals surface area contributed by atoms with Crippen molar-refractivity contribution in [3.63, 3.8) is 0 Å². The highest BCUT2D eigenvalue weighted by molar-refractivity contribution is 5.96. The lowest BCUT2D eigenvalue weighted by atomic mass is 10.3. The average Bonchev–Trinajstić information content (AvgIpc) is 2.83. The third-order valence-electron chi connectivity index (χ3n) is 3.49. The minimum Gasteiger partial charge on any atom is -0.343 e. The van der Waals surface area contributed by atoms with Crippen molar-refractivity contribution in [3.8, 4) is 0 Å². The van der Waals surface area contributed by atoms with Crippen molar-refractivity contribution < 1.29 is 0 Å². The Bertz CT molecular complexity index is 772. The van der Waals surface area contributed by atoms with Crippen LogP contribution in [-0.2, 0) is 6.54 Å². The molecule has 0 saturated heterocycles. The quantitative estimate of drug-likeness (QED) is 0.588. The normalized spacial score (nSPS) is 11.8. The number of aromatic nitrogens is 2. The molecule has 106 valence electrons. The Morgan fingerprint density at radius 3 is 2.57 bits per heavy atom. The van der Waals surface area contributed by atoms with E-state index < -0.39 is 0 Å². The lowest BCUT2D eigenvalue weighted by molar-refractivity contribution is 0.829. The maximum Gasteiger partial charge on any atom is 0.121 e. The molecule has 0 aliphatic rings. The number of amidine groups is 1. The molecule has 0 amide bonds. The summed E-state index contributed by atoms with van der Waals surface area (Å²) in [5.74, 6) is 1.90. The number of para-hydroxylation sites is 3. The molecule has 0 unspecified atom stereocenters. The predicted molar refractivity (Wildman–Crippen MR) is 87.9 cm³/mol. The van der Waals surface area contributed by atoms with Crippen molar-refractivity contribution in [1.82, 2.24) is 9.55 Å². The Balaban J connectivity index is 1.88. The van der Waals surface area contributed by atoms with Gasteiger partial charge in [-0.25, -0.2) is 4.98 Å². The van der Waals surface area contributed by atoms with Gasteiger partial charge in [0.1, 0.15) is 11.7 Å². The molecule has 0 radical (unpaired) electrons. The number of nitrogens with one attached hydrogen (secondary N) is 1. The molecule has 0 spiro atoms. The number of fused-ring (bicyclic) bond motifs is 1. The highest BCUT2D eigenvalue weighted by Gasteiger charge is 2.09. The molecule has 0 saturated carbocycles. The molecule has 0 aliphatic heterocycles. The zero-order valence-corrected chi connectivity index (χ0v) is 12.2. The highest BCUT2D eigenvalue weighted by atomic mass is 15.1. The number of anilines is 1. The number of nitrogens with zero attached hydrogens (tertiary/aromatic N) is 3. The van der Waals surface area contributed by atoms with Crippen molar-refractivity contribution in [1.29, 1.82) is 0 Å². The lowest BCUT2D eigenvalue weighted by Gasteiger charge is -2.12. The molecule has 3 aromatic rings. The summed E-state index contributed by atoms with van der Waals surface area (Å²) in [5.41, 5.74) is 3.19. The van der Waals surface area contributed by atoms with Gasteiger partial charge in [0.25, 0.3) is 0 Å². The zero-order valence-electron chi connectivity index (χ0n) is 12.2. The summed E-state index contributed by atoms with van der Waals surface area (Å²) in [6.45, 7) is 2.70. The summed E-state index contributed by atoms with van der Waals surface area (Å²) in [5, 5.41) is 3.36. The SMILES string of the molecule is CN=C(Cn1c(C)nc2ccccc21)Nc1ccccc1. The molecule has 3 rings (SSSR count). The Morgan fingerprint density at radius 2 is 1.81 bits per heavy atom. The van der Waals surface area contributed by atoms with Gasteiger partial charge in [0, 0.05) is 12.7 Å². The molecule has 1 aromatic heterocycles. The van der Waals surface area contributed by atoms with Crippen LogP contribution in [0, 0.1) is 6.92 Å². The van der Waals surface area contributed by atoms with E-state index in [0.29, 0.717) is 6.54 Å². The third-order valence-corrected chi connectivity index (χ3v) is 3.49. The van der Waals surface area contributed by atoms with Gasteiger partial charge < -0.3 is 9.88 Å². The van der Waals surface area contributed by atoms with Gasteiger partial charge in [0.2, 0.25) is 0 Å². The zero-order chi connectivity index (χ0) is 14.7. The van der Waals surface area contributed by atoms with E-state index in [-0.39, 0.29) is 0 Å². The van der Waals surface area contributed by atoms with Crippen LogP contribution in [0.4, 0.5) is 5.69 Å². The molecule has 21 heavy (non-hydrogen) atoms. The number of aliphatic imine (C=N–C) groups is 1. The van der Waals surface area contributed by atoms with Crippen LogP contribution in [0.25, 0.3) is 11.0 Å². The molecule has 0 fully saturated rings. The van der Waals surface area contributed by atoms with Gasteiger partial charge in [-0.2, -0.15) is 0 Å². The number of hydrogen-bond donors (Lipinski definition) is 1. The first-order valence-corrected chi connectivity index (χ1v) is 6.97. The Hall–Kier alpha value is -2.62. The van der Waals surface area contributed by atoms with E-state index in [1.807, 2.05) is 55.5 Å². The monoisotopic (exact) mass is 278 g/mol. The van der Waals surface area contributed by atoms with E-state index in [0.717, 1.165) is 28.4 Å². The first-order chi connectivity index (χ1) is 10.3. The standard InChI is InChI=1S/C17H18N4/c1-13-19-15-10-6-7-11-16(15)21(13)12-17(18-2)20-14-8-4-3-5-9-14/h3-11H,12H2,1-2H3,(H,18,20). The van der Waals surface area contributed by atoms with Gasteiger partial charge in [-0.05, 0) is 31.2 Å². The van der Waals surface area contributed by atoms with Crippen molar-refractivity contribution in [3.05, 3.63) is 60.4 Å². The maximum atomic E-state index is 4.59. The molecule has 1 N–H and O–H groups in total. The summed E-state index contributed by atoms with van der Waals surface area (Å²) >= 11 is 0. The molecular formula is C17H18N4. The summed E-state index contributed by atoms with van der Waals surface area (Å²) in [6.07, 6.45) is 0. The molecule has 4 heteroatoms. The van der Waals surface area contributed by atoms with E-state index >= 15 is 0 Å². The van der Waals surface area contributed by atoms with Gasteiger partial charge in [-0.1, -0.05) is 30.3 Å². The van der Waals surface area contributed by atoms with Crippen LogP contribution in [0.1, 0.15) is 5.82 Å².